The van der Waals surface area contributed by atoms with Gasteiger partial charge < -0.3 is 58.3 Å². The standard InChI is InChI=1S/C38H46O6.C21H24O4.C15H16O2/c1-27-7-9-28(10-8-27)37(2,3)29-11-19-35(20-12-29)43-25-33(40)26-44-36-21-15-31(16-22-36)38(4,5)30-13-17-34(18-14-30)42-24-32(39)23-41-6;1-21(2,15-3-7-17(8-4-15)22-11-19-13-24-19)16-5-9-18(10-6-16)23-12-20-14-25-20;1-15(2,11-3-7-13(16)8-4-11)12-5-9-14(17)10-6-12/h7-22,32-33,39-40H,23-26H2,1-6H3;3-10,19-20H,11-14H2,1-2H3;3-10,16-17H,1-2H3. The van der Waals surface area contributed by atoms with Crippen molar-refractivity contribution in [3.63, 3.8) is 0 Å². The number of methoxy groups -OCH3 is 1. The molecule has 12 nitrogen and oxygen atoms in total. The van der Waals surface area contributed by atoms with Gasteiger partial charge >= 0.3 is 0 Å². The number of phenols is 2. The minimum Gasteiger partial charge on any atom is -0.508 e. The summed E-state index contributed by atoms with van der Waals surface area (Å²) in [7, 11) is 1.55. The molecule has 8 aromatic carbocycles. The van der Waals surface area contributed by atoms with E-state index in [0.29, 0.717) is 30.5 Å². The Morgan fingerprint density at radius 2 is 0.558 bits per heavy atom. The lowest BCUT2D eigenvalue weighted by atomic mass is 9.78. The van der Waals surface area contributed by atoms with Gasteiger partial charge in [0.15, 0.2) is 0 Å². The van der Waals surface area contributed by atoms with Gasteiger partial charge in [0.05, 0.1) is 19.8 Å². The third-order valence-corrected chi connectivity index (χ3v) is 16.2. The molecule has 2 heterocycles. The number of ether oxygens (including phenoxy) is 8. The summed E-state index contributed by atoms with van der Waals surface area (Å²) in [5.74, 6) is 4.42. The summed E-state index contributed by atoms with van der Waals surface area (Å²) in [6.45, 7) is 23.1. The van der Waals surface area contributed by atoms with Crippen molar-refractivity contribution in [1.29, 1.82) is 0 Å². The molecule has 0 saturated carbocycles. The van der Waals surface area contributed by atoms with Gasteiger partial charge in [0.1, 0.15) is 97.7 Å². The molecule has 2 aliphatic rings. The smallest absolute Gasteiger partial charge is 0.122 e. The van der Waals surface area contributed by atoms with Crippen molar-refractivity contribution in [2.45, 2.75) is 108 Å². The van der Waals surface area contributed by atoms with Gasteiger partial charge in [0.25, 0.3) is 0 Å². The van der Waals surface area contributed by atoms with E-state index in [-0.39, 0.29) is 71.8 Å². The highest BCUT2D eigenvalue weighted by molar-refractivity contribution is 5.46. The number of phenolic OH excluding ortho intramolecular Hbond substituents is 2. The second-order valence-corrected chi connectivity index (χ2v) is 24.3. The first-order valence-electron chi connectivity index (χ1n) is 29.5. The summed E-state index contributed by atoms with van der Waals surface area (Å²) in [6.07, 6.45) is -0.872. The Kier molecular flexibility index (Phi) is 21.7. The number of aliphatic hydroxyl groups is 2. The highest BCUT2D eigenvalue weighted by Gasteiger charge is 2.28. The molecule has 10 rings (SSSR count). The molecular weight excluding hydrogens is 1080 g/mol. The number of aryl methyl sites for hydroxylation is 1. The van der Waals surface area contributed by atoms with E-state index in [9.17, 15) is 20.4 Å². The SMILES string of the molecule is CC(C)(c1ccc(O)cc1)c1ccc(O)cc1.CC(C)(c1ccc(OCC2CO2)cc1)c1ccc(OCC2CO2)cc1.COCC(O)COc1ccc(C(C)(C)c2ccc(OCC(O)COc3ccc(C(C)(C)c4ccc(C)cc4)cc3)cc2)cc1. The third kappa shape index (κ3) is 18.1. The van der Waals surface area contributed by atoms with E-state index in [1.807, 2.05) is 109 Å². The first kappa shape index (κ1) is 64.2. The van der Waals surface area contributed by atoms with Crippen molar-refractivity contribution in [2.24, 2.45) is 0 Å². The minimum atomic E-state index is -0.772. The Hall–Kier alpha value is -7.84. The Labute approximate surface area is 508 Å². The lowest BCUT2D eigenvalue weighted by Gasteiger charge is -2.27. The number of hydrogen-bond donors (Lipinski definition) is 4. The molecule has 4 unspecified atom stereocenters. The average molecular weight is 1170 g/mol. The fraction of sp³-hybridized carbons (Fsp3) is 0.351. The molecule has 454 valence electrons. The van der Waals surface area contributed by atoms with Gasteiger partial charge in [-0.25, -0.2) is 0 Å². The van der Waals surface area contributed by atoms with Crippen LogP contribution in [-0.2, 0) is 35.9 Å². The van der Waals surface area contributed by atoms with E-state index < -0.39 is 12.2 Å². The molecule has 2 saturated heterocycles. The number of aromatic hydroxyl groups is 2. The predicted molar refractivity (Wildman–Crippen MR) is 339 cm³/mol. The molecule has 0 aliphatic carbocycles. The Balaban J connectivity index is 0.000000190. The van der Waals surface area contributed by atoms with Crippen LogP contribution in [0.5, 0.6) is 40.2 Å². The fourth-order valence-electron chi connectivity index (χ4n) is 9.80. The second-order valence-electron chi connectivity index (χ2n) is 24.3. The van der Waals surface area contributed by atoms with Gasteiger partial charge in [-0.05, 0) is 136 Å². The molecule has 0 radical (unpaired) electrons. The average Bonchev–Trinajstić information content (AvgIpc) is 2.88. The van der Waals surface area contributed by atoms with Crippen molar-refractivity contribution in [3.05, 3.63) is 244 Å². The first-order valence-corrected chi connectivity index (χ1v) is 29.5. The van der Waals surface area contributed by atoms with Gasteiger partial charge in [-0.1, -0.05) is 170 Å². The zero-order valence-corrected chi connectivity index (χ0v) is 51.5. The van der Waals surface area contributed by atoms with E-state index >= 15 is 0 Å². The second kappa shape index (κ2) is 29.0. The van der Waals surface area contributed by atoms with Crippen molar-refractivity contribution in [3.8, 4) is 40.2 Å². The highest BCUT2D eigenvalue weighted by Crippen LogP contribution is 2.37. The molecule has 0 bridgehead atoms. The van der Waals surface area contributed by atoms with Gasteiger partial charge in [0.2, 0.25) is 0 Å². The summed E-state index contributed by atoms with van der Waals surface area (Å²) in [4.78, 5) is 0. The van der Waals surface area contributed by atoms with Gasteiger partial charge in [-0.3, -0.25) is 0 Å². The molecule has 2 aliphatic heterocycles. The van der Waals surface area contributed by atoms with Gasteiger partial charge in [0, 0.05) is 28.8 Å². The zero-order chi connectivity index (χ0) is 61.5. The van der Waals surface area contributed by atoms with E-state index in [1.54, 1.807) is 31.4 Å². The van der Waals surface area contributed by atoms with Crippen LogP contribution in [0.15, 0.2) is 194 Å². The molecular formula is C74H86O12. The maximum atomic E-state index is 10.5. The maximum absolute atomic E-state index is 10.5. The van der Waals surface area contributed by atoms with E-state index in [0.717, 1.165) is 47.0 Å². The zero-order valence-electron chi connectivity index (χ0n) is 51.5. The van der Waals surface area contributed by atoms with E-state index in [1.165, 1.54) is 27.8 Å². The van der Waals surface area contributed by atoms with Crippen LogP contribution >= 0.6 is 0 Å². The predicted octanol–water partition coefficient (Wildman–Crippen LogP) is 13.8. The summed E-state index contributed by atoms with van der Waals surface area (Å²) in [5.41, 5.74) is 10.1. The van der Waals surface area contributed by atoms with Crippen molar-refractivity contribution in [1.82, 2.24) is 0 Å². The van der Waals surface area contributed by atoms with Crippen LogP contribution in [0.3, 0.4) is 0 Å². The molecule has 2 fully saturated rings. The summed E-state index contributed by atoms with van der Waals surface area (Å²) < 4.78 is 44.1. The van der Waals surface area contributed by atoms with Crippen LogP contribution in [0.2, 0.25) is 0 Å². The van der Waals surface area contributed by atoms with Crippen LogP contribution < -0.4 is 23.7 Å². The van der Waals surface area contributed by atoms with Crippen LogP contribution in [0.25, 0.3) is 0 Å². The quantitative estimate of drug-likeness (QED) is 0.0402. The summed E-state index contributed by atoms with van der Waals surface area (Å²) in [5, 5.41) is 38.9. The number of benzene rings is 8. The van der Waals surface area contributed by atoms with Crippen LogP contribution in [0, 0.1) is 6.92 Å². The largest absolute Gasteiger partial charge is 0.508 e. The van der Waals surface area contributed by atoms with Crippen molar-refractivity contribution < 1.29 is 58.3 Å². The van der Waals surface area contributed by atoms with Crippen molar-refractivity contribution >= 4 is 0 Å². The fourth-order valence-corrected chi connectivity index (χ4v) is 9.80. The lowest BCUT2D eigenvalue weighted by Crippen LogP contribution is -2.25. The van der Waals surface area contributed by atoms with E-state index in [2.05, 4.69) is 123 Å². The molecule has 4 atom stereocenters. The Morgan fingerprint density at radius 1 is 0.349 bits per heavy atom. The summed E-state index contributed by atoms with van der Waals surface area (Å²) >= 11 is 0. The molecule has 86 heavy (non-hydrogen) atoms. The Morgan fingerprint density at radius 3 is 0.791 bits per heavy atom. The normalized spacial score (nSPS) is 15.3. The van der Waals surface area contributed by atoms with Crippen LogP contribution in [-0.4, -0.2) is 105 Å². The molecule has 4 N–H and O–H groups in total. The number of aliphatic hydroxyl groups excluding tert-OH is 2. The molecule has 12 heteroatoms. The lowest BCUT2D eigenvalue weighted by molar-refractivity contribution is 0.0325. The number of epoxide rings is 2. The van der Waals surface area contributed by atoms with E-state index in [4.69, 9.17) is 37.9 Å². The topological polar surface area (TPSA) is 161 Å². The first-order chi connectivity index (χ1) is 41.1. The van der Waals surface area contributed by atoms with Crippen LogP contribution in [0.4, 0.5) is 0 Å². The summed E-state index contributed by atoms with van der Waals surface area (Å²) in [6, 6.07) is 63.7. The highest BCUT2D eigenvalue weighted by atomic mass is 16.6. The third-order valence-electron chi connectivity index (χ3n) is 16.2. The number of rotatable bonds is 25. The van der Waals surface area contributed by atoms with Gasteiger partial charge in [-0.15, -0.1) is 0 Å². The monoisotopic (exact) mass is 1170 g/mol. The Bertz CT molecular complexity index is 3180. The molecule has 0 amide bonds. The molecule has 8 aromatic rings. The van der Waals surface area contributed by atoms with Crippen LogP contribution in [0.1, 0.15) is 105 Å². The molecule has 0 aromatic heterocycles. The minimum absolute atomic E-state index is 0.0870. The van der Waals surface area contributed by atoms with Crippen molar-refractivity contribution in [2.75, 3.05) is 60.0 Å². The molecule has 0 spiro atoms. The maximum Gasteiger partial charge on any atom is 0.122 e. The van der Waals surface area contributed by atoms with Gasteiger partial charge in [-0.2, -0.15) is 0 Å². The number of hydrogen-bond acceptors (Lipinski definition) is 12.